The van der Waals surface area contributed by atoms with Gasteiger partial charge in [-0.3, -0.25) is 0 Å². The molecular formula is C38H24N2. The lowest BCUT2D eigenvalue weighted by Crippen LogP contribution is -2.09. The Hall–Kier alpha value is -5.34. The molecule has 0 amide bonds. The van der Waals surface area contributed by atoms with E-state index >= 15 is 0 Å². The second kappa shape index (κ2) is 8.08. The van der Waals surface area contributed by atoms with Crippen LogP contribution in [0.25, 0.3) is 59.6 Å². The molecular weight excluding hydrogens is 484 g/mol. The van der Waals surface area contributed by atoms with Crippen LogP contribution in [0.15, 0.2) is 146 Å². The van der Waals surface area contributed by atoms with Gasteiger partial charge in [-0.1, -0.05) is 84.9 Å². The van der Waals surface area contributed by atoms with Gasteiger partial charge in [-0.25, -0.2) is 0 Å². The summed E-state index contributed by atoms with van der Waals surface area (Å²) in [6.45, 7) is 0. The van der Waals surface area contributed by atoms with E-state index in [9.17, 15) is 0 Å². The standard InChI is InChI=1S/C38H24N2/c1-3-15-29(16-4-1)39(30-17-5-2-6-18-30)31-23-34-32-19-25-11-7-9-13-27(25)21-36(32)40-37-22-28-14-10-8-12-26(28)20-33(37)35(24-31)38(34)40/h1-24H. The molecule has 9 rings (SSSR count). The van der Waals surface area contributed by atoms with Crippen LogP contribution < -0.4 is 4.90 Å². The fourth-order valence-corrected chi connectivity index (χ4v) is 6.63. The van der Waals surface area contributed by atoms with E-state index < -0.39 is 0 Å². The summed E-state index contributed by atoms with van der Waals surface area (Å²) in [5, 5.41) is 10.2. The van der Waals surface area contributed by atoms with Gasteiger partial charge in [0, 0.05) is 38.6 Å². The van der Waals surface area contributed by atoms with Gasteiger partial charge in [0.2, 0.25) is 0 Å². The maximum absolute atomic E-state index is 2.49. The Morgan fingerprint density at radius 2 is 0.750 bits per heavy atom. The predicted molar refractivity (Wildman–Crippen MR) is 171 cm³/mol. The van der Waals surface area contributed by atoms with E-state index in [4.69, 9.17) is 0 Å². The molecule has 2 nitrogen and oxygen atoms in total. The van der Waals surface area contributed by atoms with Crippen molar-refractivity contribution in [2.75, 3.05) is 4.90 Å². The Labute approximate surface area is 231 Å². The van der Waals surface area contributed by atoms with E-state index in [-0.39, 0.29) is 0 Å². The summed E-state index contributed by atoms with van der Waals surface area (Å²) in [7, 11) is 0. The number of para-hydroxylation sites is 2. The summed E-state index contributed by atoms with van der Waals surface area (Å²) >= 11 is 0. The molecule has 0 fully saturated rings. The first-order valence-corrected chi connectivity index (χ1v) is 13.8. The van der Waals surface area contributed by atoms with Crippen LogP contribution in [0.5, 0.6) is 0 Å². The Morgan fingerprint density at radius 1 is 0.350 bits per heavy atom. The van der Waals surface area contributed by atoms with E-state index in [0.717, 1.165) is 17.1 Å². The molecule has 0 unspecified atom stereocenters. The molecule has 0 aliphatic heterocycles. The van der Waals surface area contributed by atoms with Gasteiger partial charge >= 0.3 is 0 Å². The van der Waals surface area contributed by atoms with Gasteiger partial charge < -0.3 is 9.30 Å². The molecule has 0 N–H and O–H groups in total. The Morgan fingerprint density at radius 3 is 1.20 bits per heavy atom. The second-order valence-electron chi connectivity index (χ2n) is 10.7. The van der Waals surface area contributed by atoms with Gasteiger partial charge in [-0.15, -0.1) is 0 Å². The fraction of sp³-hybridized carbons (Fsp3) is 0. The third kappa shape index (κ3) is 2.99. The minimum Gasteiger partial charge on any atom is -0.310 e. The fourth-order valence-electron chi connectivity index (χ4n) is 6.63. The Bertz CT molecular complexity index is 2200. The normalized spacial score (nSPS) is 12.0. The lowest BCUT2D eigenvalue weighted by molar-refractivity contribution is 1.29. The first kappa shape index (κ1) is 21.6. The van der Waals surface area contributed by atoms with Gasteiger partial charge in [0.05, 0.1) is 16.6 Å². The van der Waals surface area contributed by atoms with E-state index in [1.165, 1.54) is 59.6 Å². The first-order valence-electron chi connectivity index (χ1n) is 13.8. The zero-order valence-electron chi connectivity index (χ0n) is 21.8. The highest BCUT2D eigenvalue weighted by molar-refractivity contribution is 6.27. The van der Waals surface area contributed by atoms with Gasteiger partial charge in [0.15, 0.2) is 0 Å². The van der Waals surface area contributed by atoms with Crippen LogP contribution in [0.4, 0.5) is 17.1 Å². The van der Waals surface area contributed by atoms with Crippen molar-refractivity contribution in [2.24, 2.45) is 0 Å². The van der Waals surface area contributed by atoms with Crippen molar-refractivity contribution in [2.45, 2.75) is 0 Å². The topological polar surface area (TPSA) is 7.65 Å². The average Bonchev–Trinajstić information content (AvgIpc) is 3.50. The largest absolute Gasteiger partial charge is 0.310 e. The van der Waals surface area contributed by atoms with Crippen molar-refractivity contribution < 1.29 is 0 Å². The number of fused-ring (bicyclic) bond motifs is 8. The van der Waals surface area contributed by atoms with E-state index in [0.29, 0.717) is 0 Å². The van der Waals surface area contributed by atoms with Crippen LogP contribution in [0, 0.1) is 0 Å². The molecule has 0 radical (unpaired) electrons. The molecule has 0 atom stereocenters. The smallest absolute Gasteiger partial charge is 0.0622 e. The van der Waals surface area contributed by atoms with Crippen molar-refractivity contribution >= 4 is 76.7 Å². The molecule has 2 heteroatoms. The molecule has 0 spiro atoms. The number of nitrogens with zero attached hydrogens (tertiary/aromatic N) is 2. The SMILES string of the molecule is c1ccc(N(c2ccccc2)c2cc3c4cc5ccccc5cc4n4c5cc6ccccc6cc5c(c2)c34)cc1. The van der Waals surface area contributed by atoms with Crippen molar-refractivity contribution in [1.82, 2.24) is 4.40 Å². The van der Waals surface area contributed by atoms with Crippen molar-refractivity contribution in [1.29, 1.82) is 0 Å². The zero-order valence-corrected chi connectivity index (χ0v) is 21.8. The lowest BCUT2D eigenvalue weighted by atomic mass is 10.0. The van der Waals surface area contributed by atoms with E-state index in [1.54, 1.807) is 0 Å². The van der Waals surface area contributed by atoms with Crippen molar-refractivity contribution in [3.63, 3.8) is 0 Å². The molecule has 40 heavy (non-hydrogen) atoms. The molecule has 0 aliphatic carbocycles. The molecule has 9 aromatic rings. The molecule has 7 aromatic carbocycles. The number of hydrogen-bond acceptors (Lipinski definition) is 1. The maximum atomic E-state index is 2.49. The van der Waals surface area contributed by atoms with Crippen LogP contribution in [-0.4, -0.2) is 4.40 Å². The maximum Gasteiger partial charge on any atom is 0.0622 e. The first-order chi connectivity index (χ1) is 19.8. The second-order valence-corrected chi connectivity index (χ2v) is 10.7. The molecule has 2 heterocycles. The molecule has 0 aliphatic rings. The summed E-state index contributed by atoms with van der Waals surface area (Å²) in [5.74, 6) is 0. The molecule has 0 saturated carbocycles. The van der Waals surface area contributed by atoms with Crippen LogP contribution in [-0.2, 0) is 0 Å². The molecule has 186 valence electrons. The number of rotatable bonds is 3. The van der Waals surface area contributed by atoms with Gasteiger partial charge in [0.1, 0.15) is 0 Å². The zero-order chi connectivity index (χ0) is 26.2. The monoisotopic (exact) mass is 508 g/mol. The quantitative estimate of drug-likeness (QED) is 0.230. The van der Waals surface area contributed by atoms with Crippen LogP contribution in [0.2, 0.25) is 0 Å². The van der Waals surface area contributed by atoms with Crippen molar-refractivity contribution in [3.05, 3.63) is 146 Å². The van der Waals surface area contributed by atoms with Crippen molar-refractivity contribution in [3.8, 4) is 0 Å². The summed E-state index contributed by atoms with van der Waals surface area (Å²) in [5.41, 5.74) is 7.25. The number of aromatic nitrogens is 1. The summed E-state index contributed by atoms with van der Waals surface area (Å²) in [4.78, 5) is 2.37. The van der Waals surface area contributed by atoms with E-state index in [1.807, 2.05) is 0 Å². The lowest BCUT2D eigenvalue weighted by Gasteiger charge is -2.25. The van der Waals surface area contributed by atoms with Crippen LogP contribution >= 0.6 is 0 Å². The number of anilines is 3. The highest BCUT2D eigenvalue weighted by Crippen LogP contribution is 2.45. The highest BCUT2D eigenvalue weighted by atomic mass is 15.1. The Kier molecular flexibility index (Phi) is 4.36. The van der Waals surface area contributed by atoms with Crippen LogP contribution in [0.1, 0.15) is 0 Å². The minimum absolute atomic E-state index is 1.14. The highest BCUT2D eigenvalue weighted by Gasteiger charge is 2.22. The average molecular weight is 509 g/mol. The summed E-state index contributed by atoms with van der Waals surface area (Å²) < 4.78 is 2.49. The molecule has 0 saturated heterocycles. The molecule has 2 aromatic heterocycles. The Balaban J connectivity index is 1.48. The van der Waals surface area contributed by atoms with Crippen LogP contribution in [0.3, 0.4) is 0 Å². The minimum atomic E-state index is 1.14. The molecule has 0 bridgehead atoms. The third-order valence-electron chi connectivity index (χ3n) is 8.40. The predicted octanol–water partition coefficient (Wildman–Crippen LogP) is 10.6. The number of benzene rings is 7. The van der Waals surface area contributed by atoms with Gasteiger partial charge in [-0.2, -0.15) is 0 Å². The van der Waals surface area contributed by atoms with Gasteiger partial charge in [-0.05, 0) is 82.2 Å². The van der Waals surface area contributed by atoms with Gasteiger partial charge in [0.25, 0.3) is 0 Å². The van der Waals surface area contributed by atoms with E-state index in [2.05, 4.69) is 155 Å². The summed E-state index contributed by atoms with van der Waals surface area (Å²) in [6, 6.07) is 53.0. The summed E-state index contributed by atoms with van der Waals surface area (Å²) in [6.07, 6.45) is 0. The number of hydrogen-bond donors (Lipinski definition) is 0. The third-order valence-corrected chi connectivity index (χ3v) is 8.40.